The van der Waals surface area contributed by atoms with E-state index in [4.69, 9.17) is 4.74 Å². The van der Waals surface area contributed by atoms with Crippen LogP contribution in [0.15, 0.2) is 41.3 Å². The summed E-state index contributed by atoms with van der Waals surface area (Å²) >= 11 is 0. The highest BCUT2D eigenvalue weighted by atomic mass is 32.2. The maximum Gasteiger partial charge on any atom is 0.420 e. The van der Waals surface area contributed by atoms with Gasteiger partial charge in [0.15, 0.2) is 0 Å². The number of anilines is 2. The smallest absolute Gasteiger partial charge is 0.420 e. The van der Waals surface area contributed by atoms with E-state index in [1.165, 1.54) is 0 Å². The van der Waals surface area contributed by atoms with E-state index < -0.39 is 98.4 Å². The van der Waals surface area contributed by atoms with Crippen LogP contribution in [0, 0.1) is 17.2 Å². The molecule has 1 aliphatic heterocycles. The molecule has 1 N–H and O–H groups in total. The average molecular weight is 584 g/mol. The van der Waals surface area contributed by atoms with Gasteiger partial charge in [0.25, 0.3) is 0 Å². The number of carboxylic acid groups (broad SMARTS) is 1. The van der Waals surface area contributed by atoms with Crippen LogP contribution in [0.4, 0.5) is 42.1 Å². The Morgan fingerprint density at radius 1 is 1.13 bits per heavy atom. The van der Waals surface area contributed by atoms with E-state index in [9.17, 15) is 44.7 Å². The highest BCUT2D eigenvalue weighted by molar-refractivity contribution is 7.92. The van der Waals surface area contributed by atoms with Crippen LogP contribution in [0.25, 0.3) is 0 Å². The van der Waals surface area contributed by atoms with Gasteiger partial charge in [0.2, 0.25) is 21.3 Å². The van der Waals surface area contributed by atoms with Gasteiger partial charge in [0.05, 0.1) is 16.1 Å². The number of hydrogen-bond acceptors (Lipinski definition) is 5. The first-order valence-corrected chi connectivity index (χ1v) is 13.4. The van der Waals surface area contributed by atoms with E-state index >= 15 is 4.39 Å². The molecule has 1 aliphatic carbocycles. The summed E-state index contributed by atoms with van der Waals surface area (Å²) < 4.78 is 131. The van der Waals surface area contributed by atoms with Crippen molar-refractivity contribution in [1.82, 2.24) is 0 Å². The molecule has 0 unspecified atom stereocenters. The standard InChI is InChI=1S/C25H24F7NO5S/c1-23(28,29)7-6-14-12-33(16-4-2-15(26)3-5-16)18-10-17(25(30,31)32)19(11-20(18)39(36,37)21(14)27)38-13-24(8-9-24)22(34)35/h2-5,10-11,14,21H,6-9,12-13H2,1H3,(H,34,35)/t14-,21-/m1/s1. The van der Waals surface area contributed by atoms with Crippen molar-refractivity contribution in [3.8, 4) is 5.75 Å². The van der Waals surface area contributed by atoms with Gasteiger partial charge < -0.3 is 14.7 Å². The van der Waals surface area contributed by atoms with Gasteiger partial charge in [-0.2, -0.15) is 13.2 Å². The van der Waals surface area contributed by atoms with Gasteiger partial charge >= 0.3 is 12.1 Å². The molecule has 2 aromatic carbocycles. The Bertz CT molecular complexity index is 1350. The molecule has 1 saturated carbocycles. The fourth-order valence-corrected chi connectivity index (χ4v) is 6.14. The van der Waals surface area contributed by atoms with Crippen LogP contribution >= 0.6 is 0 Å². The first-order chi connectivity index (χ1) is 17.9. The number of fused-ring (bicyclic) bond motifs is 1. The Balaban J connectivity index is 1.88. The van der Waals surface area contributed by atoms with Crippen LogP contribution in [0.2, 0.25) is 0 Å². The van der Waals surface area contributed by atoms with Crippen LogP contribution in [0.5, 0.6) is 5.75 Å². The topological polar surface area (TPSA) is 83.9 Å². The third kappa shape index (κ3) is 5.94. The Labute approximate surface area is 219 Å². The van der Waals surface area contributed by atoms with E-state index in [2.05, 4.69) is 0 Å². The summed E-state index contributed by atoms with van der Waals surface area (Å²) in [5.74, 6) is -7.86. The molecule has 2 aromatic rings. The lowest BCUT2D eigenvalue weighted by Gasteiger charge is -2.29. The Morgan fingerprint density at radius 2 is 1.74 bits per heavy atom. The van der Waals surface area contributed by atoms with Crippen molar-refractivity contribution < 1.29 is 53.8 Å². The average Bonchev–Trinajstić information content (AvgIpc) is 3.63. The maximum absolute atomic E-state index is 15.6. The largest absolute Gasteiger partial charge is 0.492 e. The lowest BCUT2D eigenvalue weighted by Crippen LogP contribution is -2.32. The zero-order chi connectivity index (χ0) is 29.0. The van der Waals surface area contributed by atoms with Gasteiger partial charge in [-0.15, -0.1) is 0 Å². The van der Waals surface area contributed by atoms with Crippen LogP contribution in [0.3, 0.4) is 0 Å². The normalized spacial score (nSPS) is 22.1. The van der Waals surface area contributed by atoms with Gasteiger partial charge in [-0.05, 0) is 56.5 Å². The summed E-state index contributed by atoms with van der Waals surface area (Å²) in [5, 5.41) is 9.34. The molecular formula is C25H24F7NO5S. The molecule has 1 heterocycles. The molecule has 214 valence electrons. The molecule has 1 fully saturated rings. The number of carboxylic acids is 1. The molecule has 2 atom stereocenters. The molecule has 4 rings (SSSR count). The number of ether oxygens (including phenoxy) is 1. The number of sulfone groups is 1. The second kappa shape index (κ2) is 9.86. The minimum Gasteiger partial charge on any atom is -0.492 e. The maximum atomic E-state index is 15.6. The fraction of sp³-hybridized carbons (Fsp3) is 0.480. The monoisotopic (exact) mass is 583 g/mol. The molecule has 0 aromatic heterocycles. The molecule has 39 heavy (non-hydrogen) atoms. The van der Waals surface area contributed by atoms with E-state index in [1.807, 2.05) is 0 Å². The van der Waals surface area contributed by atoms with Gasteiger partial charge in [-0.3, -0.25) is 4.79 Å². The van der Waals surface area contributed by atoms with E-state index in [0.717, 1.165) is 29.2 Å². The number of nitrogens with zero attached hydrogens (tertiary/aromatic N) is 1. The second-order valence-corrected chi connectivity index (χ2v) is 12.0. The molecule has 0 radical (unpaired) electrons. The molecule has 0 amide bonds. The lowest BCUT2D eigenvalue weighted by atomic mass is 10.00. The van der Waals surface area contributed by atoms with Crippen molar-refractivity contribution >= 4 is 27.2 Å². The van der Waals surface area contributed by atoms with Crippen molar-refractivity contribution in [1.29, 1.82) is 0 Å². The number of aliphatic carboxylic acids is 1. The van der Waals surface area contributed by atoms with Crippen LogP contribution in [-0.4, -0.2) is 44.1 Å². The van der Waals surface area contributed by atoms with E-state index in [1.54, 1.807) is 0 Å². The van der Waals surface area contributed by atoms with Crippen LogP contribution < -0.4 is 9.64 Å². The summed E-state index contributed by atoms with van der Waals surface area (Å²) in [6.45, 7) is -0.713. The zero-order valence-corrected chi connectivity index (χ0v) is 21.3. The number of hydrogen-bond donors (Lipinski definition) is 1. The Kier molecular flexibility index (Phi) is 7.32. The first-order valence-electron chi connectivity index (χ1n) is 11.8. The SMILES string of the molecule is CC(F)(F)CC[C@@H]1CN(c2ccc(F)cc2)c2cc(C(F)(F)F)c(OCC3(C(=O)O)CC3)cc2S(=O)(=O)[C@H]1F. The van der Waals surface area contributed by atoms with Crippen LogP contribution in [-0.2, 0) is 20.8 Å². The predicted octanol–water partition coefficient (Wildman–Crippen LogP) is 6.36. The summed E-state index contributed by atoms with van der Waals surface area (Å²) in [4.78, 5) is 11.6. The highest BCUT2D eigenvalue weighted by Crippen LogP contribution is 2.50. The summed E-state index contributed by atoms with van der Waals surface area (Å²) in [5.41, 5.74) is -6.23. The van der Waals surface area contributed by atoms with E-state index in [-0.39, 0.29) is 18.5 Å². The minimum atomic E-state index is -5.10. The Hall–Kier alpha value is -3.03. The minimum absolute atomic E-state index is 0.000174. The summed E-state index contributed by atoms with van der Waals surface area (Å²) in [6.07, 6.45) is -6.33. The number of benzene rings is 2. The van der Waals surface area contributed by atoms with Gasteiger partial charge in [-0.25, -0.2) is 26.0 Å². The van der Waals surface area contributed by atoms with Crippen molar-refractivity contribution in [2.45, 2.75) is 55.1 Å². The predicted molar refractivity (Wildman–Crippen MR) is 125 cm³/mol. The van der Waals surface area contributed by atoms with Gasteiger partial charge in [-0.1, -0.05) is 0 Å². The quantitative estimate of drug-likeness (QED) is 0.364. The number of carbonyl (C=O) groups is 1. The van der Waals surface area contributed by atoms with Crippen molar-refractivity contribution in [2.75, 3.05) is 18.1 Å². The molecular weight excluding hydrogens is 559 g/mol. The molecule has 14 heteroatoms. The van der Waals surface area contributed by atoms with Crippen molar-refractivity contribution in [2.24, 2.45) is 11.3 Å². The third-order valence-corrected chi connectivity index (χ3v) is 8.87. The van der Waals surface area contributed by atoms with Crippen molar-refractivity contribution in [3.63, 3.8) is 0 Å². The van der Waals surface area contributed by atoms with Crippen molar-refractivity contribution in [3.05, 3.63) is 47.8 Å². The van der Waals surface area contributed by atoms with Gasteiger partial charge in [0, 0.05) is 30.6 Å². The lowest BCUT2D eigenvalue weighted by molar-refractivity contribution is -0.144. The molecule has 0 spiro atoms. The molecule has 2 aliphatic rings. The first kappa shape index (κ1) is 29.0. The molecule has 6 nitrogen and oxygen atoms in total. The zero-order valence-electron chi connectivity index (χ0n) is 20.4. The summed E-state index contributed by atoms with van der Waals surface area (Å²) in [6, 6.07) is 5.12. The van der Waals surface area contributed by atoms with Gasteiger partial charge in [0.1, 0.15) is 23.6 Å². The Morgan fingerprint density at radius 3 is 2.26 bits per heavy atom. The second-order valence-electron chi connectivity index (χ2n) is 10.0. The number of alkyl halides is 6. The highest BCUT2D eigenvalue weighted by Gasteiger charge is 2.52. The third-order valence-electron chi connectivity index (χ3n) is 6.95. The molecule has 0 saturated heterocycles. The number of halogens is 7. The fourth-order valence-electron chi connectivity index (χ4n) is 4.43. The number of rotatable bonds is 8. The van der Waals surface area contributed by atoms with E-state index in [0.29, 0.717) is 19.1 Å². The summed E-state index contributed by atoms with van der Waals surface area (Å²) in [7, 11) is -5.05. The van der Waals surface area contributed by atoms with Crippen LogP contribution in [0.1, 0.15) is 38.2 Å². The molecule has 0 bridgehead atoms.